The molecule has 2 heterocycles. The molecule has 1 amide bonds. The molecule has 0 spiro atoms. The van der Waals surface area contributed by atoms with Gasteiger partial charge in [0.25, 0.3) is 5.91 Å². The second kappa shape index (κ2) is 8.11. The van der Waals surface area contributed by atoms with Gasteiger partial charge in [-0.1, -0.05) is 13.3 Å². The predicted octanol–water partition coefficient (Wildman–Crippen LogP) is 4.15. The molecular weight excluding hydrogens is 342 g/mol. The zero-order valence-electron chi connectivity index (χ0n) is 15.9. The molecule has 6 heteroatoms. The van der Waals surface area contributed by atoms with Gasteiger partial charge in [0.15, 0.2) is 0 Å². The summed E-state index contributed by atoms with van der Waals surface area (Å²) in [5, 5.41) is 8.42. The van der Waals surface area contributed by atoms with Crippen molar-refractivity contribution < 1.29 is 13.9 Å². The molecule has 1 aromatic heterocycles. The van der Waals surface area contributed by atoms with Crippen molar-refractivity contribution in [3.63, 3.8) is 0 Å². The number of rotatable bonds is 7. The van der Waals surface area contributed by atoms with Crippen molar-refractivity contribution in [3.8, 4) is 5.75 Å². The lowest BCUT2D eigenvalue weighted by Gasteiger charge is -2.30. The molecule has 0 bridgehead atoms. The lowest BCUT2D eigenvalue weighted by molar-refractivity contribution is 0.0706. The van der Waals surface area contributed by atoms with Crippen LogP contribution >= 0.6 is 0 Å². The van der Waals surface area contributed by atoms with Crippen LogP contribution in [0.1, 0.15) is 79.4 Å². The molecule has 0 atom stereocenters. The average molecular weight is 369 g/mol. The van der Waals surface area contributed by atoms with Crippen molar-refractivity contribution in [2.24, 2.45) is 0 Å². The topological polar surface area (TPSA) is 68.5 Å². The average Bonchev–Trinajstić information content (AvgIpc) is 3.45. The Morgan fingerprint density at radius 1 is 1.07 bits per heavy atom. The minimum absolute atomic E-state index is 0.0813. The van der Waals surface area contributed by atoms with Gasteiger partial charge in [0.05, 0.1) is 6.61 Å². The van der Waals surface area contributed by atoms with E-state index >= 15 is 0 Å². The van der Waals surface area contributed by atoms with Crippen LogP contribution in [0, 0.1) is 0 Å². The van der Waals surface area contributed by atoms with Crippen molar-refractivity contribution in [1.82, 2.24) is 15.1 Å². The van der Waals surface area contributed by atoms with E-state index in [2.05, 4.69) is 17.1 Å². The molecule has 144 valence electrons. The summed E-state index contributed by atoms with van der Waals surface area (Å²) < 4.78 is 11.5. The maximum atomic E-state index is 12.7. The van der Waals surface area contributed by atoms with E-state index in [1.165, 1.54) is 0 Å². The van der Waals surface area contributed by atoms with E-state index in [1.807, 2.05) is 29.2 Å². The van der Waals surface area contributed by atoms with Crippen LogP contribution in [0.15, 0.2) is 28.7 Å². The first-order chi connectivity index (χ1) is 13.2. The van der Waals surface area contributed by atoms with Crippen molar-refractivity contribution in [1.29, 1.82) is 0 Å². The lowest BCUT2D eigenvalue weighted by atomic mass is 9.96. The molecule has 0 radical (unpaired) electrons. The summed E-state index contributed by atoms with van der Waals surface area (Å²) in [5.74, 6) is 3.20. The van der Waals surface area contributed by atoms with Gasteiger partial charge in [0.2, 0.25) is 11.8 Å². The van der Waals surface area contributed by atoms with Gasteiger partial charge < -0.3 is 14.1 Å². The molecule has 2 aromatic rings. The molecule has 0 N–H and O–H groups in total. The Labute approximate surface area is 159 Å². The van der Waals surface area contributed by atoms with Crippen LogP contribution in [0.5, 0.6) is 5.75 Å². The Morgan fingerprint density at radius 3 is 2.30 bits per heavy atom. The van der Waals surface area contributed by atoms with Gasteiger partial charge in [-0.2, -0.15) is 0 Å². The Hall–Kier alpha value is -2.37. The predicted molar refractivity (Wildman–Crippen MR) is 101 cm³/mol. The van der Waals surface area contributed by atoms with Crippen LogP contribution in [0.25, 0.3) is 0 Å². The number of carbonyl (C=O) groups excluding carboxylic acids is 1. The largest absolute Gasteiger partial charge is 0.494 e. The first kappa shape index (κ1) is 18.0. The van der Waals surface area contributed by atoms with Gasteiger partial charge in [-0.15, -0.1) is 10.2 Å². The van der Waals surface area contributed by atoms with Gasteiger partial charge >= 0.3 is 0 Å². The monoisotopic (exact) mass is 369 g/mol. The number of nitrogens with zero attached hydrogens (tertiary/aromatic N) is 3. The highest BCUT2D eigenvalue weighted by Gasteiger charge is 2.32. The van der Waals surface area contributed by atoms with Crippen LogP contribution in [0.3, 0.4) is 0 Å². The molecule has 1 saturated heterocycles. The van der Waals surface area contributed by atoms with E-state index in [0.717, 1.165) is 75.8 Å². The summed E-state index contributed by atoms with van der Waals surface area (Å²) in [6, 6.07) is 7.48. The molecule has 1 saturated carbocycles. The SMILES string of the molecule is CCCCOc1ccc(C(=O)N2CCC(c3nnc(C4CC4)o3)CC2)cc1. The van der Waals surface area contributed by atoms with Gasteiger partial charge in [-0.25, -0.2) is 0 Å². The Morgan fingerprint density at radius 2 is 1.70 bits per heavy atom. The molecular formula is C21H27N3O3. The first-order valence-corrected chi connectivity index (χ1v) is 10.1. The minimum Gasteiger partial charge on any atom is -0.494 e. The van der Waals surface area contributed by atoms with E-state index in [0.29, 0.717) is 11.5 Å². The van der Waals surface area contributed by atoms with E-state index in [-0.39, 0.29) is 11.8 Å². The standard InChI is InChI=1S/C21H27N3O3/c1-2-3-14-26-18-8-6-17(7-9-18)21(25)24-12-10-16(11-13-24)20-23-22-19(27-20)15-4-5-15/h6-9,15-16H,2-5,10-14H2,1H3. The highest BCUT2D eigenvalue weighted by atomic mass is 16.5. The Kier molecular flexibility index (Phi) is 5.41. The maximum Gasteiger partial charge on any atom is 0.253 e. The number of hydrogen-bond acceptors (Lipinski definition) is 5. The minimum atomic E-state index is 0.0813. The van der Waals surface area contributed by atoms with E-state index in [9.17, 15) is 4.79 Å². The second-order valence-electron chi connectivity index (χ2n) is 7.55. The summed E-state index contributed by atoms with van der Waals surface area (Å²) in [6.07, 6.45) is 6.22. The van der Waals surface area contributed by atoms with Crippen LogP contribution < -0.4 is 4.74 Å². The van der Waals surface area contributed by atoms with Gasteiger partial charge in [0.1, 0.15) is 5.75 Å². The normalized spacial score (nSPS) is 17.9. The highest BCUT2D eigenvalue weighted by molar-refractivity contribution is 5.94. The van der Waals surface area contributed by atoms with Crippen LogP contribution in [-0.2, 0) is 0 Å². The van der Waals surface area contributed by atoms with Gasteiger partial charge in [0, 0.05) is 30.5 Å². The third-order valence-corrected chi connectivity index (χ3v) is 5.38. The number of likely N-dealkylation sites (tertiary alicyclic amines) is 1. The number of unbranched alkanes of at least 4 members (excludes halogenated alkanes) is 1. The van der Waals surface area contributed by atoms with E-state index < -0.39 is 0 Å². The van der Waals surface area contributed by atoms with Crippen LogP contribution in [-0.4, -0.2) is 40.7 Å². The molecule has 2 fully saturated rings. The smallest absolute Gasteiger partial charge is 0.253 e. The highest BCUT2D eigenvalue weighted by Crippen LogP contribution is 2.40. The molecule has 6 nitrogen and oxygen atoms in total. The third-order valence-electron chi connectivity index (χ3n) is 5.38. The van der Waals surface area contributed by atoms with Crippen molar-refractivity contribution >= 4 is 5.91 Å². The fourth-order valence-corrected chi connectivity index (χ4v) is 3.45. The van der Waals surface area contributed by atoms with E-state index in [1.54, 1.807) is 0 Å². The number of benzene rings is 1. The zero-order chi connectivity index (χ0) is 18.6. The Bertz CT molecular complexity index is 759. The van der Waals surface area contributed by atoms with Gasteiger partial charge in [-0.3, -0.25) is 4.79 Å². The van der Waals surface area contributed by atoms with Crippen molar-refractivity contribution in [2.45, 2.75) is 57.3 Å². The second-order valence-corrected chi connectivity index (χ2v) is 7.55. The summed E-state index contributed by atoms with van der Waals surface area (Å²) in [5.41, 5.74) is 0.713. The summed E-state index contributed by atoms with van der Waals surface area (Å²) in [7, 11) is 0. The molecule has 1 aromatic carbocycles. The number of amides is 1. The first-order valence-electron chi connectivity index (χ1n) is 10.1. The zero-order valence-corrected chi connectivity index (χ0v) is 15.9. The fraction of sp³-hybridized carbons (Fsp3) is 0.571. The number of hydrogen-bond donors (Lipinski definition) is 0. The lowest BCUT2D eigenvalue weighted by Crippen LogP contribution is -2.38. The maximum absolute atomic E-state index is 12.7. The summed E-state index contributed by atoms with van der Waals surface area (Å²) in [6.45, 7) is 4.30. The van der Waals surface area contributed by atoms with Crippen LogP contribution in [0.2, 0.25) is 0 Å². The van der Waals surface area contributed by atoms with Gasteiger partial charge in [-0.05, 0) is 56.4 Å². The number of carbonyl (C=O) groups is 1. The summed E-state index contributed by atoms with van der Waals surface area (Å²) in [4.78, 5) is 14.7. The number of piperidine rings is 1. The van der Waals surface area contributed by atoms with Crippen molar-refractivity contribution in [2.75, 3.05) is 19.7 Å². The molecule has 27 heavy (non-hydrogen) atoms. The molecule has 1 aliphatic heterocycles. The molecule has 2 aliphatic rings. The number of aromatic nitrogens is 2. The van der Waals surface area contributed by atoms with E-state index in [4.69, 9.17) is 9.15 Å². The molecule has 0 unspecified atom stereocenters. The Balaban J connectivity index is 1.30. The van der Waals surface area contributed by atoms with Crippen molar-refractivity contribution in [3.05, 3.63) is 41.6 Å². The molecule has 4 rings (SSSR count). The fourth-order valence-electron chi connectivity index (χ4n) is 3.45. The quantitative estimate of drug-likeness (QED) is 0.686. The summed E-state index contributed by atoms with van der Waals surface area (Å²) >= 11 is 0. The molecule has 1 aliphatic carbocycles. The third kappa shape index (κ3) is 4.31. The number of ether oxygens (including phenoxy) is 1. The van der Waals surface area contributed by atoms with Crippen LogP contribution in [0.4, 0.5) is 0 Å².